The van der Waals surface area contributed by atoms with Gasteiger partial charge in [-0.05, 0) is 53.2 Å². The van der Waals surface area contributed by atoms with Crippen molar-refractivity contribution in [3.8, 4) is 22.8 Å². The molecule has 3 aromatic carbocycles. The highest BCUT2D eigenvalue weighted by Crippen LogP contribution is 2.29. The number of benzene rings is 3. The molecule has 0 aliphatic rings. The molecule has 10 heteroatoms. The molecule has 0 saturated heterocycles. The predicted octanol–water partition coefficient (Wildman–Crippen LogP) is 5.39. The number of thioether (sulfide) groups is 1. The third-order valence-electron chi connectivity index (χ3n) is 5.52. The highest BCUT2D eigenvalue weighted by atomic mass is 35.5. The normalized spacial score (nSPS) is 11.2. The van der Waals surface area contributed by atoms with Gasteiger partial charge in [0, 0.05) is 34.2 Å². The Bertz CT molecular complexity index is 1570. The van der Waals surface area contributed by atoms with E-state index in [0.717, 1.165) is 27.6 Å². The molecule has 0 bridgehead atoms. The molecule has 5 rings (SSSR count). The third kappa shape index (κ3) is 5.47. The van der Waals surface area contributed by atoms with Crippen LogP contribution in [0, 0.1) is 0 Å². The number of nitrogens with zero attached hydrogens (tertiary/aromatic N) is 5. The number of pyridine rings is 1. The van der Waals surface area contributed by atoms with Crippen LogP contribution in [0.15, 0.2) is 95.4 Å². The third-order valence-corrected chi connectivity index (χ3v) is 6.70. The first-order chi connectivity index (χ1) is 18.1. The number of nitrogens with one attached hydrogen (secondary N) is 1. The summed E-state index contributed by atoms with van der Waals surface area (Å²) in [7, 11) is 1.60. The Morgan fingerprint density at radius 2 is 1.84 bits per heavy atom. The SMILES string of the molecule is COc1ccc2ccccc2c1/C=N/NC(=O)CSc1nnc(-c2ccncc2)n1-c1ccc(Cl)cc1. The smallest absolute Gasteiger partial charge is 0.250 e. The lowest BCUT2D eigenvalue weighted by atomic mass is 10.0. The molecule has 0 unspecified atom stereocenters. The number of hydrogen-bond donors (Lipinski definition) is 1. The summed E-state index contributed by atoms with van der Waals surface area (Å²) in [4.78, 5) is 16.7. The fourth-order valence-corrected chi connectivity index (χ4v) is 4.66. The van der Waals surface area contributed by atoms with Crippen LogP contribution in [0.3, 0.4) is 0 Å². The lowest BCUT2D eigenvalue weighted by molar-refractivity contribution is -0.118. The zero-order chi connectivity index (χ0) is 25.6. The number of ether oxygens (including phenoxy) is 1. The van der Waals surface area contributed by atoms with Gasteiger partial charge in [0.15, 0.2) is 11.0 Å². The molecule has 0 aliphatic heterocycles. The van der Waals surface area contributed by atoms with E-state index in [0.29, 0.717) is 21.8 Å². The van der Waals surface area contributed by atoms with Crippen LogP contribution in [0.2, 0.25) is 5.02 Å². The molecule has 5 aromatic rings. The molecule has 1 amide bonds. The van der Waals surface area contributed by atoms with E-state index in [9.17, 15) is 4.79 Å². The number of hydrogen-bond acceptors (Lipinski definition) is 7. The van der Waals surface area contributed by atoms with E-state index in [1.807, 2.05) is 65.2 Å². The van der Waals surface area contributed by atoms with Gasteiger partial charge in [0.1, 0.15) is 5.75 Å². The molecular weight excluding hydrogens is 508 g/mol. The first-order valence-electron chi connectivity index (χ1n) is 11.3. The first kappa shape index (κ1) is 24.5. The lowest BCUT2D eigenvalue weighted by Crippen LogP contribution is -2.20. The van der Waals surface area contributed by atoms with E-state index >= 15 is 0 Å². The summed E-state index contributed by atoms with van der Waals surface area (Å²) in [5, 5.41) is 16.1. The molecule has 0 saturated carbocycles. The van der Waals surface area contributed by atoms with Gasteiger partial charge in [0.2, 0.25) is 0 Å². The van der Waals surface area contributed by atoms with Crippen LogP contribution < -0.4 is 10.2 Å². The summed E-state index contributed by atoms with van der Waals surface area (Å²) in [5.41, 5.74) is 5.06. The molecule has 0 radical (unpaired) electrons. The molecule has 184 valence electrons. The van der Waals surface area contributed by atoms with Gasteiger partial charge < -0.3 is 4.74 Å². The van der Waals surface area contributed by atoms with Gasteiger partial charge in [-0.25, -0.2) is 5.43 Å². The summed E-state index contributed by atoms with van der Waals surface area (Å²) in [6, 6.07) is 22.8. The van der Waals surface area contributed by atoms with Gasteiger partial charge >= 0.3 is 0 Å². The number of aromatic nitrogens is 4. The lowest BCUT2D eigenvalue weighted by Gasteiger charge is -2.10. The number of carbonyl (C=O) groups excluding carboxylic acids is 1. The molecule has 0 atom stereocenters. The fraction of sp³-hybridized carbons (Fsp3) is 0.0741. The maximum Gasteiger partial charge on any atom is 0.250 e. The zero-order valence-corrected chi connectivity index (χ0v) is 21.3. The van der Waals surface area contributed by atoms with E-state index in [4.69, 9.17) is 16.3 Å². The molecule has 2 aromatic heterocycles. The Hall–Kier alpha value is -4.21. The largest absolute Gasteiger partial charge is 0.496 e. The fourth-order valence-electron chi connectivity index (χ4n) is 3.79. The van der Waals surface area contributed by atoms with Crippen LogP contribution in [-0.4, -0.2) is 44.7 Å². The predicted molar refractivity (Wildman–Crippen MR) is 147 cm³/mol. The van der Waals surface area contributed by atoms with Crippen molar-refractivity contribution in [1.82, 2.24) is 25.2 Å². The van der Waals surface area contributed by atoms with E-state index in [1.54, 1.807) is 37.9 Å². The summed E-state index contributed by atoms with van der Waals surface area (Å²) >= 11 is 7.34. The standard InChI is InChI=1S/C27H21ClN6O2S/c1-36-24-11-6-18-4-2-3-5-22(18)23(24)16-30-31-25(35)17-37-27-33-32-26(19-12-14-29-15-13-19)34(27)21-9-7-20(28)8-10-21/h2-16H,17H2,1H3,(H,31,35)/b30-16+. The van der Waals surface area contributed by atoms with Crippen molar-refractivity contribution in [1.29, 1.82) is 0 Å². The van der Waals surface area contributed by atoms with Crippen LogP contribution in [0.1, 0.15) is 5.56 Å². The number of hydrazone groups is 1. The molecule has 37 heavy (non-hydrogen) atoms. The number of amides is 1. The monoisotopic (exact) mass is 528 g/mol. The second kappa shape index (κ2) is 11.2. The van der Waals surface area contributed by atoms with Crippen LogP contribution in [0.4, 0.5) is 0 Å². The Balaban J connectivity index is 1.33. The van der Waals surface area contributed by atoms with Crippen LogP contribution >= 0.6 is 23.4 Å². The van der Waals surface area contributed by atoms with Gasteiger partial charge in [-0.15, -0.1) is 10.2 Å². The van der Waals surface area contributed by atoms with E-state index in [1.165, 1.54) is 11.8 Å². The number of carbonyl (C=O) groups is 1. The maximum absolute atomic E-state index is 12.6. The van der Waals surface area contributed by atoms with E-state index < -0.39 is 0 Å². The summed E-state index contributed by atoms with van der Waals surface area (Å²) in [6.45, 7) is 0. The van der Waals surface area contributed by atoms with E-state index in [-0.39, 0.29) is 11.7 Å². The second-order valence-corrected chi connectivity index (χ2v) is 9.22. The Morgan fingerprint density at radius 1 is 1.05 bits per heavy atom. The minimum Gasteiger partial charge on any atom is -0.496 e. The zero-order valence-electron chi connectivity index (χ0n) is 19.7. The molecule has 0 aliphatic carbocycles. The van der Waals surface area contributed by atoms with Gasteiger partial charge in [0.05, 0.1) is 19.1 Å². The number of methoxy groups -OCH3 is 1. The molecule has 0 spiro atoms. The Kier molecular flexibility index (Phi) is 7.43. The van der Waals surface area contributed by atoms with Crippen molar-refractivity contribution < 1.29 is 9.53 Å². The Morgan fingerprint density at radius 3 is 2.62 bits per heavy atom. The molecule has 1 N–H and O–H groups in total. The highest BCUT2D eigenvalue weighted by molar-refractivity contribution is 7.99. The molecule has 8 nitrogen and oxygen atoms in total. The van der Waals surface area contributed by atoms with Crippen molar-refractivity contribution in [2.75, 3.05) is 12.9 Å². The summed E-state index contributed by atoms with van der Waals surface area (Å²) in [5.74, 6) is 1.11. The van der Waals surface area contributed by atoms with Crippen molar-refractivity contribution in [2.45, 2.75) is 5.16 Å². The topological polar surface area (TPSA) is 94.3 Å². The number of fused-ring (bicyclic) bond motifs is 1. The average Bonchev–Trinajstić information content (AvgIpc) is 3.37. The van der Waals surface area contributed by atoms with Crippen LogP contribution in [0.5, 0.6) is 5.75 Å². The maximum atomic E-state index is 12.6. The van der Waals surface area contributed by atoms with Gasteiger partial charge in [0.25, 0.3) is 5.91 Å². The van der Waals surface area contributed by atoms with Crippen molar-refractivity contribution in [3.05, 3.63) is 95.8 Å². The summed E-state index contributed by atoms with van der Waals surface area (Å²) in [6.07, 6.45) is 4.99. The first-order valence-corrected chi connectivity index (χ1v) is 12.6. The minimum atomic E-state index is -0.281. The van der Waals surface area contributed by atoms with Gasteiger partial charge in [-0.2, -0.15) is 5.10 Å². The van der Waals surface area contributed by atoms with Gasteiger partial charge in [-0.1, -0.05) is 53.7 Å². The minimum absolute atomic E-state index is 0.0894. The van der Waals surface area contributed by atoms with Crippen LogP contribution in [0.25, 0.3) is 27.8 Å². The summed E-state index contributed by atoms with van der Waals surface area (Å²) < 4.78 is 7.36. The number of halogens is 1. The Labute approximate surface area is 222 Å². The number of rotatable bonds is 8. The van der Waals surface area contributed by atoms with E-state index in [2.05, 4.69) is 25.7 Å². The van der Waals surface area contributed by atoms with Crippen molar-refractivity contribution in [3.63, 3.8) is 0 Å². The van der Waals surface area contributed by atoms with Crippen molar-refractivity contribution >= 4 is 46.3 Å². The van der Waals surface area contributed by atoms with Crippen molar-refractivity contribution in [2.24, 2.45) is 5.10 Å². The molecular formula is C27H21ClN6O2S. The second-order valence-electron chi connectivity index (χ2n) is 7.84. The van der Waals surface area contributed by atoms with Gasteiger partial charge in [-0.3, -0.25) is 14.3 Å². The molecule has 0 fully saturated rings. The quantitative estimate of drug-likeness (QED) is 0.165. The van der Waals surface area contributed by atoms with Crippen LogP contribution in [-0.2, 0) is 4.79 Å². The molecule has 2 heterocycles. The average molecular weight is 529 g/mol. The highest BCUT2D eigenvalue weighted by Gasteiger charge is 2.17.